The Morgan fingerprint density at radius 3 is 2.54 bits per heavy atom. The molecular formula is C25H22N8O4. The van der Waals surface area contributed by atoms with Gasteiger partial charge in [0.1, 0.15) is 11.7 Å². The van der Waals surface area contributed by atoms with Gasteiger partial charge >= 0.3 is 5.69 Å². The number of benzene rings is 2. The molecule has 0 bridgehead atoms. The van der Waals surface area contributed by atoms with Crippen LogP contribution in [0.25, 0.3) is 16.9 Å². The van der Waals surface area contributed by atoms with E-state index in [2.05, 4.69) is 20.1 Å². The number of nitrogens with one attached hydrogen (secondary N) is 2. The van der Waals surface area contributed by atoms with Crippen molar-refractivity contribution < 1.29 is 13.9 Å². The van der Waals surface area contributed by atoms with Crippen LogP contribution in [0.3, 0.4) is 0 Å². The zero-order valence-electron chi connectivity index (χ0n) is 19.6. The van der Waals surface area contributed by atoms with Gasteiger partial charge in [0.25, 0.3) is 11.9 Å². The number of furan rings is 1. The van der Waals surface area contributed by atoms with Crippen molar-refractivity contribution in [2.45, 2.75) is 12.3 Å². The Morgan fingerprint density at radius 1 is 1.16 bits per heavy atom. The first-order valence-corrected chi connectivity index (χ1v) is 11.1. The number of amidine groups is 1. The number of hydrogen-bond donors (Lipinski definition) is 4. The Morgan fingerprint density at radius 2 is 1.89 bits per heavy atom. The number of primary amides is 1. The maximum atomic E-state index is 12.8. The molecule has 0 fully saturated rings. The number of carbonyl (C=O) groups excluding carboxylic acids is 1. The molecule has 5 aromatic rings. The molecule has 12 heteroatoms. The zero-order valence-corrected chi connectivity index (χ0v) is 19.6. The first kappa shape index (κ1) is 23.5. The van der Waals surface area contributed by atoms with Crippen molar-refractivity contribution in [3.05, 3.63) is 99.7 Å². The molecule has 0 aliphatic heterocycles. The van der Waals surface area contributed by atoms with Gasteiger partial charge in [-0.1, -0.05) is 24.3 Å². The fourth-order valence-corrected chi connectivity index (χ4v) is 4.08. The summed E-state index contributed by atoms with van der Waals surface area (Å²) in [6, 6.07) is 14.0. The van der Waals surface area contributed by atoms with Crippen LogP contribution in [-0.2, 0) is 6.42 Å². The summed E-state index contributed by atoms with van der Waals surface area (Å²) < 4.78 is 12.2. The highest BCUT2D eigenvalue weighted by molar-refractivity contribution is 5.96. The average molecular weight is 499 g/mol. The summed E-state index contributed by atoms with van der Waals surface area (Å²) in [7, 11) is 1.49. The first-order valence-electron chi connectivity index (χ1n) is 11.1. The molecule has 3 heterocycles. The third-order valence-corrected chi connectivity index (χ3v) is 5.88. The summed E-state index contributed by atoms with van der Waals surface area (Å²) in [5.41, 5.74) is 13.1. The normalized spacial score (nSPS) is 11.9. The number of fused-ring (bicyclic) bond motifs is 1. The van der Waals surface area contributed by atoms with Gasteiger partial charge < -0.3 is 20.6 Å². The number of hydrogen-bond acceptors (Lipinski definition) is 8. The maximum absolute atomic E-state index is 12.8. The van der Waals surface area contributed by atoms with Crippen LogP contribution in [0.15, 0.2) is 70.1 Å². The smallest absolute Gasteiger partial charge is 0.350 e. The van der Waals surface area contributed by atoms with Crippen molar-refractivity contribution in [1.29, 1.82) is 5.41 Å². The number of rotatable bonds is 8. The molecule has 12 nitrogen and oxygen atoms in total. The van der Waals surface area contributed by atoms with Crippen LogP contribution < -0.4 is 21.9 Å². The van der Waals surface area contributed by atoms with Crippen molar-refractivity contribution in [3.63, 3.8) is 0 Å². The summed E-state index contributed by atoms with van der Waals surface area (Å²) >= 11 is 0. The molecule has 37 heavy (non-hydrogen) atoms. The molecule has 0 spiro atoms. The van der Waals surface area contributed by atoms with Gasteiger partial charge in [0, 0.05) is 29.3 Å². The predicted molar refractivity (Wildman–Crippen MR) is 134 cm³/mol. The third-order valence-electron chi connectivity index (χ3n) is 5.88. The van der Waals surface area contributed by atoms with Gasteiger partial charge in [-0.3, -0.25) is 15.2 Å². The highest BCUT2D eigenvalue weighted by Crippen LogP contribution is 2.36. The third kappa shape index (κ3) is 4.55. The largest absolute Gasteiger partial charge is 0.493 e. The lowest BCUT2D eigenvalue weighted by atomic mass is 9.90. The van der Waals surface area contributed by atoms with Crippen LogP contribution in [0.5, 0.6) is 5.75 Å². The van der Waals surface area contributed by atoms with Crippen molar-refractivity contribution in [2.24, 2.45) is 11.5 Å². The van der Waals surface area contributed by atoms with E-state index in [1.54, 1.807) is 30.3 Å². The number of ether oxygens (including phenoxy) is 1. The fraction of sp³-hybridized carbons (Fsp3) is 0.120. The molecule has 0 aliphatic rings. The molecule has 6 N–H and O–H groups in total. The number of aromatic amines is 1. The van der Waals surface area contributed by atoms with Crippen molar-refractivity contribution >= 4 is 22.7 Å². The van der Waals surface area contributed by atoms with Gasteiger partial charge in [0.2, 0.25) is 0 Å². The van der Waals surface area contributed by atoms with Crippen LogP contribution >= 0.6 is 0 Å². The van der Waals surface area contributed by atoms with Gasteiger partial charge in [0.05, 0.1) is 7.11 Å². The minimum absolute atomic E-state index is 0.000679. The van der Waals surface area contributed by atoms with Crippen LogP contribution in [-0.4, -0.2) is 43.6 Å². The second kappa shape index (κ2) is 9.41. The number of H-pyrrole nitrogens is 1. The van der Waals surface area contributed by atoms with Crippen LogP contribution in [0.2, 0.25) is 0 Å². The van der Waals surface area contributed by atoms with Gasteiger partial charge in [-0.25, -0.2) is 14.8 Å². The first-order chi connectivity index (χ1) is 17.8. The van der Waals surface area contributed by atoms with Crippen LogP contribution in [0.1, 0.15) is 39.0 Å². The predicted octanol–water partition coefficient (Wildman–Crippen LogP) is 1.86. The second-order valence-electron chi connectivity index (χ2n) is 8.26. The lowest BCUT2D eigenvalue weighted by Crippen LogP contribution is -2.18. The Labute approximate surface area is 209 Å². The molecule has 186 valence electrons. The number of carbonyl (C=O) groups is 1. The summed E-state index contributed by atoms with van der Waals surface area (Å²) in [4.78, 5) is 35.6. The van der Waals surface area contributed by atoms with Crippen molar-refractivity contribution in [2.75, 3.05) is 7.11 Å². The quantitative estimate of drug-likeness (QED) is 0.184. The molecule has 0 saturated carbocycles. The van der Waals surface area contributed by atoms with E-state index in [9.17, 15) is 9.59 Å². The standard InChI is InChI=1S/C25H22N8O4/c1-36-18-11-15(10-16-12-19(22(28)34)37-20(16)18)17(9-13-3-5-14(6-4-13)21(26)27)23-31-25(35)33(32-23)24-29-7-2-8-30-24/h2-8,10-12,17H,9H2,1H3,(H3,26,27)(H2,28,34)(H,31,32,35). The summed E-state index contributed by atoms with van der Waals surface area (Å²) in [6.07, 6.45) is 3.46. The Hall–Kier alpha value is -5.26. The maximum Gasteiger partial charge on any atom is 0.350 e. The van der Waals surface area contributed by atoms with E-state index < -0.39 is 17.5 Å². The lowest BCUT2D eigenvalue weighted by molar-refractivity contribution is 0.0976. The van der Waals surface area contributed by atoms with E-state index in [1.165, 1.54) is 19.5 Å². The number of aromatic nitrogens is 5. The zero-order chi connectivity index (χ0) is 26.1. The Kier molecular flexibility index (Phi) is 5.97. The molecule has 1 atom stereocenters. The van der Waals surface area contributed by atoms with Crippen molar-refractivity contribution in [1.82, 2.24) is 24.7 Å². The minimum atomic E-state index is -0.701. The van der Waals surface area contributed by atoms with E-state index in [0.29, 0.717) is 34.5 Å². The summed E-state index contributed by atoms with van der Waals surface area (Å²) in [5.74, 6) is -0.291. The lowest BCUT2D eigenvalue weighted by Gasteiger charge is -2.16. The SMILES string of the molecule is COc1cc(C(Cc2ccc(C(=N)N)cc2)c2nn(-c3ncccn3)c(=O)[nH]2)cc2cc(C(N)=O)oc12. The van der Waals surface area contributed by atoms with Crippen LogP contribution in [0, 0.1) is 5.41 Å². The van der Waals surface area contributed by atoms with E-state index >= 15 is 0 Å². The van der Waals surface area contributed by atoms with Gasteiger partial charge in [-0.05, 0) is 41.8 Å². The van der Waals surface area contributed by atoms with E-state index in [0.717, 1.165) is 15.8 Å². The molecule has 1 amide bonds. The molecule has 5 rings (SSSR count). The van der Waals surface area contributed by atoms with Crippen LogP contribution in [0.4, 0.5) is 0 Å². The second-order valence-corrected chi connectivity index (χ2v) is 8.26. The number of nitrogens with zero attached hydrogens (tertiary/aromatic N) is 4. The average Bonchev–Trinajstić information content (AvgIpc) is 3.51. The summed E-state index contributed by atoms with van der Waals surface area (Å²) in [5, 5.41) is 12.7. The highest BCUT2D eigenvalue weighted by Gasteiger charge is 2.24. The molecule has 0 radical (unpaired) electrons. The molecule has 0 aliphatic carbocycles. The monoisotopic (exact) mass is 498 g/mol. The molecule has 0 saturated heterocycles. The molecular weight excluding hydrogens is 476 g/mol. The van der Waals surface area contributed by atoms with E-state index in [-0.39, 0.29) is 17.5 Å². The number of nitrogens with two attached hydrogens (primary N) is 2. The minimum Gasteiger partial charge on any atom is -0.493 e. The molecule has 3 aromatic heterocycles. The van der Waals surface area contributed by atoms with Crippen molar-refractivity contribution in [3.8, 4) is 11.7 Å². The topological polar surface area (TPSA) is 192 Å². The molecule has 2 aromatic carbocycles. The number of nitrogen functional groups attached to an aromatic ring is 1. The van der Waals surface area contributed by atoms with E-state index in [4.69, 9.17) is 26.0 Å². The number of amides is 1. The number of methoxy groups -OCH3 is 1. The Bertz CT molecular complexity index is 1670. The Balaban J connectivity index is 1.64. The van der Waals surface area contributed by atoms with Gasteiger partial charge in [0.15, 0.2) is 17.1 Å². The fourth-order valence-electron chi connectivity index (χ4n) is 4.08. The highest BCUT2D eigenvalue weighted by atomic mass is 16.5. The van der Waals surface area contributed by atoms with Gasteiger partial charge in [-0.15, -0.1) is 9.78 Å². The summed E-state index contributed by atoms with van der Waals surface area (Å²) in [6.45, 7) is 0. The van der Waals surface area contributed by atoms with Gasteiger partial charge in [-0.2, -0.15) is 0 Å². The van der Waals surface area contributed by atoms with E-state index in [1.807, 2.05) is 18.2 Å². The molecule has 1 unspecified atom stereocenters.